The Labute approximate surface area is 160 Å². The lowest BCUT2D eigenvalue weighted by Crippen LogP contribution is -2.37. The number of hydrogen-bond donors (Lipinski definition) is 2. The summed E-state index contributed by atoms with van der Waals surface area (Å²) in [6.45, 7) is 4.74. The standard InChI is InChI=1S/C19H19N7O2/c1-12-10-16(25-24-12)22-19-21-14-11-15(13-2-4-20-5-3-13)28-17(14)18(23-19)26-6-8-27-9-7-26/h2-5,10-11H,6-9H2,1H3,(H2,21,22,23,24,25). The van der Waals surface area contributed by atoms with E-state index in [1.165, 1.54) is 0 Å². The van der Waals surface area contributed by atoms with Gasteiger partial charge >= 0.3 is 0 Å². The van der Waals surface area contributed by atoms with E-state index in [0.29, 0.717) is 24.7 Å². The molecule has 0 unspecified atom stereocenters. The number of ether oxygens (including phenoxy) is 1. The van der Waals surface area contributed by atoms with E-state index in [1.807, 2.05) is 31.2 Å². The van der Waals surface area contributed by atoms with Crippen molar-refractivity contribution in [2.45, 2.75) is 6.92 Å². The molecular weight excluding hydrogens is 358 g/mol. The molecule has 0 aliphatic carbocycles. The minimum absolute atomic E-state index is 0.486. The van der Waals surface area contributed by atoms with E-state index in [9.17, 15) is 0 Å². The number of pyridine rings is 1. The van der Waals surface area contributed by atoms with Gasteiger partial charge in [0.2, 0.25) is 5.95 Å². The first-order valence-electron chi connectivity index (χ1n) is 9.10. The van der Waals surface area contributed by atoms with E-state index in [0.717, 1.165) is 47.3 Å². The highest BCUT2D eigenvalue weighted by molar-refractivity contribution is 5.89. The van der Waals surface area contributed by atoms with Crippen LogP contribution in [0, 0.1) is 6.92 Å². The molecule has 9 heteroatoms. The Hall–Kier alpha value is -3.46. The van der Waals surface area contributed by atoms with Crippen molar-refractivity contribution in [3.8, 4) is 11.3 Å². The zero-order valence-electron chi connectivity index (χ0n) is 15.3. The van der Waals surface area contributed by atoms with Crippen LogP contribution in [0.3, 0.4) is 0 Å². The van der Waals surface area contributed by atoms with Gasteiger partial charge in [-0.1, -0.05) is 0 Å². The molecule has 0 aromatic carbocycles. The van der Waals surface area contributed by atoms with Crippen LogP contribution in [0.1, 0.15) is 5.69 Å². The summed E-state index contributed by atoms with van der Waals surface area (Å²) >= 11 is 0. The Balaban J connectivity index is 1.61. The maximum Gasteiger partial charge on any atom is 0.231 e. The SMILES string of the molecule is Cc1cc(Nc2nc(N3CCOCC3)c3oc(-c4ccncc4)cc3n2)[nH]n1. The van der Waals surface area contributed by atoms with E-state index >= 15 is 0 Å². The third kappa shape index (κ3) is 3.16. The second-order valence-electron chi connectivity index (χ2n) is 6.58. The second-order valence-corrected chi connectivity index (χ2v) is 6.58. The Morgan fingerprint density at radius 1 is 1.11 bits per heavy atom. The molecule has 1 aliphatic rings. The third-order valence-electron chi connectivity index (χ3n) is 4.58. The first-order valence-corrected chi connectivity index (χ1v) is 9.10. The number of anilines is 3. The van der Waals surface area contributed by atoms with Gasteiger partial charge in [0.1, 0.15) is 17.1 Å². The lowest BCUT2D eigenvalue weighted by atomic mass is 10.2. The molecular formula is C19H19N7O2. The van der Waals surface area contributed by atoms with Gasteiger partial charge in [-0.25, -0.2) is 4.98 Å². The minimum Gasteiger partial charge on any atom is -0.450 e. The fourth-order valence-corrected chi connectivity index (χ4v) is 3.22. The van der Waals surface area contributed by atoms with Crippen LogP contribution in [0.2, 0.25) is 0 Å². The van der Waals surface area contributed by atoms with E-state index in [1.54, 1.807) is 12.4 Å². The fraction of sp³-hybridized carbons (Fsp3) is 0.263. The number of aryl methyl sites for hydroxylation is 1. The zero-order chi connectivity index (χ0) is 18.9. The molecule has 0 radical (unpaired) electrons. The average molecular weight is 377 g/mol. The van der Waals surface area contributed by atoms with Crippen LogP contribution < -0.4 is 10.2 Å². The molecule has 0 amide bonds. The van der Waals surface area contributed by atoms with Crippen LogP contribution in [0.15, 0.2) is 41.1 Å². The van der Waals surface area contributed by atoms with Crippen molar-refractivity contribution >= 4 is 28.7 Å². The molecule has 1 aliphatic heterocycles. The molecule has 4 aromatic heterocycles. The number of rotatable bonds is 4. The van der Waals surface area contributed by atoms with Crippen LogP contribution in [0.5, 0.6) is 0 Å². The highest BCUT2D eigenvalue weighted by Gasteiger charge is 2.21. The summed E-state index contributed by atoms with van der Waals surface area (Å²) in [4.78, 5) is 15.6. The normalized spacial score (nSPS) is 14.5. The largest absolute Gasteiger partial charge is 0.450 e. The van der Waals surface area contributed by atoms with Crippen molar-refractivity contribution in [3.63, 3.8) is 0 Å². The molecule has 2 N–H and O–H groups in total. The number of aromatic amines is 1. The first kappa shape index (κ1) is 16.7. The summed E-state index contributed by atoms with van der Waals surface area (Å²) in [7, 11) is 0. The molecule has 9 nitrogen and oxygen atoms in total. The molecule has 5 rings (SSSR count). The summed E-state index contributed by atoms with van der Waals surface area (Å²) in [5.41, 5.74) is 3.24. The number of nitrogens with one attached hydrogen (secondary N) is 2. The molecule has 142 valence electrons. The van der Waals surface area contributed by atoms with Gasteiger partial charge in [0.05, 0.1) is 18.9 Å². The van der Waals surface area contributed by atoms with E-state index in [2.05, 4.69) is 30.4 Å². The van der Waals surface area contributed by atoms with Crippen molar-refractivity contribution in [1.82, 2.24) is 25.1 Å². The van der Waals surface area contributed by atoms with Crippen molar-refractivity contribution in [2.24, 2.45) is 0 Å². The second kappa shape index (κ2) is 6.93. The van der Waals surface area contributed by atoms with Gasteiger partial charge in [0, 0.05) is 43.2 Å². The number of hydrogen-bond acceptors (Lipinski definition) is 8. The highest BCUT2D eigenvalue weighted by atomic mass is 16.5. The fourth-order valence-electron chi connectivity index (χ4n) is 3.22. The maximum absolute atomic E-state index is 6.16. The van der Waals surface area contributed by atoms with Crippen LogP contribution in [-0.2, 0) is 4.74 Å². The Morgan fingerprint density at radius 3 is 2.68 bits per heavy atom. The Morgan fingerprint density at radius 2 is 1.93 bits per heavy atom. The number of fused-ring (bicyclic) bond motifs is 1. The van der Waals surface area contributed by atoms with E-state index in [4.69, 9.17) is 14.1 Å². The molecule has 0 atom stereocenters. The van der Waals surface area contributed by atoms with Gasteiger partial charge in [-0.15, -0.1) is 0 Å². The quantitative estimate of drug-likeness (QED) is 0.559. The van der Waals surface area contributed by atoms with E-state index < -0.39 is 0 Å². The predicted octanol–water partition coefficient (Wildman–Crippen LogP) is 2.90. The van der Waals surface area contributed by atoms with Crippen LogP contribution >= 0.6 is 0 Å². The molecule has 4 aromatic rings. The minimum atomic E-state index is 0.486. The number of H-pyrrole nitrogens is 1. The summed E-state index contributed by atoms with van der Waals surface area (Å²) in [5, 5.41) is 10.3. The average Bonchev–Trinajstić information content (AvgIpc) is 3.35. The van der Waals surface area contributed by atoms with Gasteiger partial charge in [-0.3, -0.25) is 10.1 Å². The molecule has 0 bridgehead atoms. The third-order valence-corrected chi connectivity index (χ3v) is 4.58. The molecule has 0 saturated carbocycles. The predicted molar refractivity (Wildman–Crippen MR) is 105 cm³/mol. The zero-order valence-corrected chi connectivity index (χ0v) is 15.3. The Bertz CT molecular complexity index is 1100. The van der Waals surface area contributed by atoms with E-state index in [-0.39, 0.29) is 0 Å². The van der Waals surface area contributed by atoms with Gasteiger partial charge in [0.25, 0.3) is 0 Å². The van der Waals surface area contributed by atoms with Crippen LogP contribution in [0.4, 0.5) is 17.6 Å². The van der Waals surface area contributed by atoms with Gasteiger partial charge in [-0.2, -0.15) is 10.1 Å². The molecule has 0 spiro atoms. The van der Waals surface area contributed by atoms with Crippen molar-refractivity contribution in [1.29, 1.82) is 0 Å². The lowest BCUT2D eigenvalue weighted by molar-refractivity contribution is 0.122. The molecule has 1 saturated heterocycles. The smallest absolute Gasteiger partial charge is 0.231 e. The topological polar surface area (TPSA) is 105 Å². The van der Waals surface area contributed by atoms with Gasteiger partial charge in [-0.05, 0) is 19.1 Å². The highest BCUT2D eigenvalue weighted by Crippen LogP contribution is 2.33. The van der Waals surface area contributed by atoms with Crippen molar-refractivity contribution < 1.29 is 9.15 Å². The van der Waals surface area contributed by atoms with Crippen molar-refractivity contribution in [2.75, 3.05) is 36.5 Å². The summed E-state index contributed by atoms with van der Waals surface area (Å²) in [5.74, 6) is 2.71. The molecule has 1 fully saturated rings. The maximum atomic E-state index is 6.16. The molecule has 5 heterocycles. The van der Waals surface area contributed by atoms with Gasteiger partial charge < -0.3 is 19.4 Å². The summed E-state index contributed by atoms with van der Waals surface area (Å²) < 4.78 is 11.6. The monoisotopic (exact) mass is 377 g/mol. The molecule has 28 heavy (non-hydrogen) atoms. The van der Waals surface area contributed by atoms with Crippen LogP contribution in [0.25, 0.3) is 22.4 Å². The van der Waals surface area contributed by atoms with Crippen LogP contribution in [-0.4, -0.2) is 51.5 Å². The number of aromatic nitrogens is 5. The number of morpholine rings is 1. The number of nitrogens with zero attached hydrogens (tertiary/aromatic N) is 5. The lowest BCUT2D eigenvalue weighted by Gasteiger charge is -2.27. The summed E-state index contributed by atoms with van der Waals surface area (Å²) in [6, 6.07) is 7.65. The van der Waals surface area contributed by atoms with Gasteiger partial charge in [0.15, 0.2) is 11.4 Å². The summed E-state index contributed by atoms with van der Waals surface area (Å²) in [6.07, 6.45) is 3.48. The number of furan rings is 1. The Kier molecular flexibility index (Phi) is 4.13. The first-order chi connectivity index (χ1) is 13.8. The van der Waals surface area contributed by atoms with Crippen molar-refractivity contribution in [3.05, 3.63) is 42.4 Å².